The minimum atomic E-state index is -0.763. The summed E-state index contributed by atoms with van der Waals surface area (Å²) in [5.41, 5.74) is 0.320. The first-order valence-electron chi connectivity index (χ1n) is 5.21. The molecule has 1 atom stereocenters. The van der Waals surface area contributed by atoms with Crippen LogP contribution >= 0.6 is 23.4 Å². The Morgan fingerprint density at radius 1 is 1.38 bits per heavy atom. The first kappa shape index (κ1) is 13.8. The Morgan fingerprint density at radius 3 is 2.62 bits per heavy atom. The summed E-state index contributed by atoms with van der Waals surface area (Å²) >= 11 is 7.27. The van der Waals surface area contributed by atoms with Gasteiger partial charge in [0.25, 0.3) is 0 Å². The summed E-state index contributed by atoms with van der Waals surface area (Å²) in [7, 11) is 0. The molecule has 4 heteroatoms. The molecule has 1 rings (SSSR count). The summed E-state index contributed by atoms with van der Waals surface area (Å²) < 4.78 is 13.4. The smallest absolute Gasteiger partial charge is 0.130 e. The second-order valence-electron chi connectivity index (χ2n) is 4.11. The van der Waals surface area contributed by atoms with Gasteiger partial charge in [0.15, 0.2) is 0 Å². The Morgan fingerprint density at radius 2 is 2.06 bits per heavy atom. The number of hydrogen-bond acceptors (Lipinski definition) is 2. The van der Waals surface area contributed by atoms with Crippen molar-refractivity contribution >= 4 is 23.4 Å². The maximum atomic E-state index is 13.4. The monoisotopic (exact) mass is 262 g/mol. The van der Waals surface area contributed by atoms with Crippen LogP contribution in [0.2, 0.25) is 5.02 Å². The fourth-order valence-electron chi connectivity index (χ4n) is 1.28. The van der Waals surface area contributed by atoms with Gasteiger partial charge in [-0.15, -0.1) is 0 Å². The minimum Gasteiger partial charge on any atom is -0.387 e. The van der Waals surface area contributed by atoms with E-state index >= 15 is 0 Å². The maximum Gasteiger partial charge on any atom is 0.130 e. The first-order valence-corrected chi connectivity index (χ1v) is 6.74. The van der Waals surface area contributed by atoms with Gasteiger partial charge in [0.2, 0.25) is 0 Å². The van der Waals surface area contributed by atoms with Crippen molar-refractivity contribution in [2.24, 2.45) is 5.92 Å². The first-order chi connectivity index (χ1) is 7.50. The lowest BCUT2D eigenvalue weighted by Gasteiger charge is -2.12. The lowest BCUT2D eigenvalue weighted by Crippen LogP contribution is -2.05. The molecule has 0 spiro atoms. The van der Waals surface area contributed by atoms with Crippen LogP contribution in [0.3, 0.4) is 0 Å². The normalized spacial score (nSPS) is 13.1. The van der Waals surface area contributed by atoms with Crippen LogP contribution in [-0.2, 0) is 0 Å². The SMILES string of the molecule is CC(C)CSCC(O)c1ccc(Cl)cc1F. The van der Waals surface area contributed by atoms with Gasteiger partial charge in [-0.3, -0.25) is 0 Å². The Bertz CT molecular complexity index is 344. The third-order valence-corrected chi connectivity index (χ3v) is 3.74. The molecule has 0 heterocycles. The van der Waals surface area contributed by atoms with E-state index in [1.54, 1.807) is 17.8 Å². The van der Waals surface area contributed by atoms with Crippen molar-refractivity contribution in [3.63, 3.8) is 0 Å². The van der Waals surface area contributed by atoms with Crippen molar-refractivity contribution in [2.45, 2.75) is 20.0 Å². The highest BCUT2D eigenvalue weighted by molar-refractivity contribution is 7.99. The molecular formula is C12H16ClFOS. The summed E-state index contributed by atoms with van der Waals surface area (Å²) in [4.78, 5) is 0. The molecule has 0 amide bonds. The van der Waals surface area contributed by atoms with Crippen molar-refractivity contribution < 1.29 is 9.50 Å². The molecule has 0 aliphatic rings. The molecule has 1 N–H and O–H groups in total. The number of halogens is 2. The predicted octanol–water partition coefficient (Wildman–Crippen LogP) is 3.90. The van der Waals surface area contributed by atoms with Gasteiger partial charge in [0.05, 0.1) is 6.10 Å². The van der Waals surface area contributed by atoms with Crippen molar-refractivity contribution in [2.75, 3.05) is 11.5 Å². The van der Waals surface area contributed by atoms with Gasteiger partial charge >= 0.3 is 0 Å². The summed E-state index contributed by atoms with van der Waals surface area (Å²) in [6.07, 6.45) is -0.763. The topological polar surface area (TPSA) is 20.2 Å². The Hall–Kier alpha value is -0.250. The largest absolute Gasteiger partial charge is 0.387 e. The molecule has 0 aliphatic carbocycles. The van der Waals surface area contributed by atoms with E-state index in [2.05, 4.69) is 13.8 Å². The van der Waals surface area contributed by atoms with Crippen LogP contribution in [0.5, 0.6) is 0 Å². The van der Waals surface area contributed by atoms with E-state index < -0.39 is 11.9 Å². The second-order valence-corrected chi connectivity index (χ2v) is 5.62. The van der Waals surface area contributed by atoms with Crippen LogP contribution in [0.1, 0.15) is 25.5 Å². The van der Waals surface area contributed by atoms with E-state index in [9.17, 15) is 9.50 Å². The Balaban J connectivity index is 2.55. The zero-order valence-corrected chi connectivity index (χ0v) is 11.0. The zero-order chi connectivity index (χ0) is 12.1. The molecule has 90 valence electrons. The zero-order valence-electron chi connectivity index (χ0n) is 9.41. The highest BCUT2D eigenvalue weighted by atomic mass is 35.5. The van der Waals surface area contributed by atoms with Crippen molar-refractivity contribution in [3.05, 3.63) is 34.6 Å². The third-order valence-electron chi connectivity index (χ3n) is 2.05. The molecule has 0 saturated heterocycles. The van der Waals surface area contributed by atoms with E-state index in [0.29, 0.717) is 22.3 Å². The minimum absolute atomic E-state index is 0.320. The fraction of sp³-hybridized carbons (Fsp3) is 0.500. The molecule has 0 aromatic heterocycles. The van der Waals surface area contributed by atoms with Gasteiger partial charge in [-0.25, -0.2) is 4.39 Å². The quantitative estimate of drug-likeness (QED) is 0.868. The van der Waals surface area contributed by atoms with E-state index in [4.69, 9.17) is 11.6 Å². The standard InChI is InChI=1S/C12H16ClFOS/c1-8(2)6-16-7-12(15)10-4-3-9(13)5-11(10)14/h3-5,8,12,15H,6-7H2,1-2H3. The van der Waals surface area contributed by atoms with E-state index in [1.807, 2.05) is 0 Å². The molecule has 0 fully saturated rings. The van der Waals surface area contributed by atoms with Gasteiger partial charge in [-0.05, 0) is 23.8 Å². The van der Waals surface area contributed by atoms with E-state index in [0.717, 1.165) is 5.75 Å². The summed E-state index contributed by atoms with van der Waals surface area (Å²) in [6.45, 7) is 4.23. The number of thioether (sulfide) groups is 1. The number of rotatable bonds is 5. The van der Waals surface area contributed by atoms with Crippen LogP contribution < -0.4 is 0 Å². The molecule has 1 aromatic rings. The maximum absolute atomic E-state index is 13.4. The number of benzene rings is 1. The molecule has 0 radical (unpaired) electrons. The van der Waals surface area contributed by atoms with Crippen LogP contribution in [0.4, 0.5) is 4.39 Å². The summed E-state index contributed by atoms with van der Waals surface area (Å²) in [6, 6.07) is 4.36. The summed E-state index contributed by atoms with van der Waals surface area (Å²) in [5.74, 6) is 1.61. The molecular weight excluding hydrogens is 247 g/mol. The van der Waals surface area contributed by atoms with Crippen LogP contribution in [0.25, 0.3) is 0 Å². The Labute approximate surface area is 105 Å². The molecule has 16 heavy (non-hydrogen) atoms. The van der Waals surface area contributed by atoms with Gasteiger partial charge < -0.3 is 5.11 Å². The van der Waals surface area contributed by atoms with Crippen LogP contribution in [-0.4, -0.2) is 16.6 Å². The molecule has 0 saturated carbocycles. The highest BCUT2D eigenvalue weighted by Crippen LogP contribution is 2.24. The van der Waals surface area contributed by atoms with Crippen molar-refractivity contribution in [1.82, 2.24) is 0 Å². The van der Waals surface area contributed by atoms with Gasteiger partial charge in [0.1, 0.15) is 5.82 Å². The fourth-order valence-corrected chi connectivity index (χ4v) is 2.45. The van der Waals surface area contributed by atoms with E-state index in [1.165, 1.54) is 12.1 Å². The summed E-state index contributed by atoms with van der Waals surface area (Å²) in [5, 5.41) is 10.2. The number of hydrogen-bond donors (Lipinski definition) is 1. The molecule has 1 nitrogen and oxygen atoms in total. The number of aliphatic hydroxyl groups is 1. The lowest BCUT2D eigenvalue weighted by molar-refractivity contribution is 0.199. The lowest BCUT2D eigenvalue weighted by atomic mass is 10.1. The van der Waals surface area contributed by atoms with E-state index in [-0.39, 0.29) is 0 Å². The van der Waals surface area contributed by atoms with Crippen LogP contribution in [0.15, 0.2) is 18.2 Å². The average molecular weight is 263 g/mol. The van der Waals surface area contributed by atoms with Gasteiger partial charge in [-0.2, -0.15) is 11.8 Å². The highest BCUT2D eigenvalue weighted by Gasteiger charge is 2.13. The van der Waals surface area contributed by atoms with Gasteiger partial charge in [-0.1, -0.05) is 31.5 Å². The predicted molar refractivity (Wildman–Crippen MR) is 68.5 cm³/mol. The molecule has 1 unspecified atom stereocenters. The van der Waals surface area contributed by atoms with Crippen LogP contribution in [0, 0.1) is 11.7 Å². The average Bonchev–Trinajstić information content (AvgIpc) is 2.16. The Kier molecular flexibility index (Phi) is 5.59. The molecule has 1 aromatic carbocycles. The number of aliphatic hydroxyl groups excluding tert-OH is 1. The molecule has 0 aliphatic heterocycles. The van der Waals surface area contributed by atoms with Crippen molar-refractivity contribution in [1.29, 1.82) is 0 Å². The van der Waals surface area contributed by atoms with Crippen molar-refractivity contribution in [3.8, 4) is 0 Å². The molecule has 0 bridgehead atoms. The van der Waals surface area contributed by atoms with Gasteiger partial charge in [0, 0.05) is 16.3 Å². The third kappa shape index (κ3) is 4.32. The second kappa shape index (κ2) is 6.48.